The first-order valence-electron chi connectivity index (χ1n) is 6.03. The van der Waals surface area contributed by atoms with Crippen LogP contribution in [0.25, 0.3) is 0 Å². The molecule has 1 fully saturated rings. The van der Waals surface area contributed by atoms with E-state index in [1.165, 1.54) is 14.1 Å². The van der Waals surface area contributed by atoms with Gasteiger partial charge in [0, 0.05) is 14.1 Å². The molecule has 0 spiro atoms. The van der Waals surface area contributed by atoms with E-state index < -0.39 is 15.7 Å². The second kappa shape index (κ2) is 5.85. The van der Waals surface area contributed by atoms with E-state index in [0.717, 1.165) is 30.0 Å². The molecule has 0 aliphatic heterocycles. The standard InChI is InChI=1S/C10H22N4O3S/c1-14(2)18(16,17)13-10(9(11)12-15)7-5-3-4-6-8-10/h13,15H,3-8H2,1-2H3,(H2,11,12). The Morgan fingerprint density at radius 1 is 1.28 bits per heavy atom. The molecule has 0 aromatic heterocycles. The van der Waals surface area contributed by atoms with Gasteiger partial charge >= 0.3 is 0 Å². The third-order valence-corrected chi connectivity index (χ3v) is 4.97. The second-order valence-electron chi connectivity index (χ2n) is 4.87. The van der Waals surface area contributed by atoms with Crippen LogP contribution in [0.5, 0.6) is 0 Å². The van der Waals surface area contributed by atoms with Crippen molar-refractivity contribution in [3.63, 3.8) is 0 Å². The van der Waals surface area contributed by atoms with E-state index in [1.807, 2.05) is 0 Å². The molecule has 0 unspecified atom stereocenters. The number of oxime groups is 1. The second-order valence-corrected chi connectivity index (χ2v) is 6.76. The highest BCUT2D eigenvalue weighted by Gasteiger charge is 2.39. The van der Waals surface area contributed by atoms with Gasteiger partial charge in [-0.2, -0.15) is 17.4 Å². The van der Waals surface area contributed by atoms with Crippen LogP contribution >= 0.6 is 0 Å². The molecule has 7 nitrogen and oxygen atoms in total. The van der Waals surface area contributed by atoms with Crippen LogP contribution in [0.3, 0.4) is 0 Å². The first kappa shape index (κ1) is 15.2. The summed E-state index contributed by atoms with van der Waals surface area (Å²) in [6.45, 7) is 0. The van der Waals surface area contributed by atoms with Crippen LogP contribution in [-0.2, 0) is 10.2 Å². The number of amidine groups is 1. The Balaban J connectivity index is 3.05. The van der Waals surface area contributed by atoms with Gasteiger partial charge in [0.2, 0.25) is 0 Å². The highest BCUT2D eigenvalue weighted by molar-refractivity contribution is 7.87. The van der Waals surface area contributed by atoms with E-state index in [2.05, 4.69) is 9.88 Å². The average molecular weight is 278 g/mol. The SMILES string of the molecule is CN(C)S(=O)(=O)NC1(/C(N)=N/O)CCCCCC1. The summed E-state index contributed by atoms with van der Waals surface area (Å²) in [6, 6.07) is 0. The number of hydrogen-bond donors (Lipinski definition) is 3. The molecule has 1 aliphatic carbocycles. The van der Waals surface area contributed by atoms with Crippen LogP contribution in [0.4, 0.5) is 0 Å². The maximum absolute atomic E-state index is 12.0. The summed E-state index contributed by atoms with van der Waals surface area (Å²) < 4.78 is 27.6. The molecular formula is C10H22N4O3S. The van der Waals surface area contributed by atoms with Gasteiger partial charge in [-0.25, -0.2) is 0 Å². The van der Waals surface area contributed by atoms with Crippen molar-refractivity contribution in [3.8, 4) is 0 Å². The van der Waals surface area contributed by atoms with Gasteiger partial charge in [0.05, 0.1) is 5.54 Å². The number of hydrogen-bond acceptors (Lipinski definition) is 4. The van der Waals surface area contributed by atoms with Crippen LogP contribution < -0.4 is 10.5 Å². The highest BCUT2D eigenvalue weighted by Crippen LogP contribution is 2.28. The lowest BCUT2D eigenvalue weighted by Crippen LogP contribution is -2.59. The van der Waals surface area contributed by atoms with Crippen LogP contribution in [0.15, 0.2) is 5.16 Å². The fourth-order valence-electron chi connectivity index (χ4n) is 2.18. The van der Waals surface area contributed by atoms with Gasteiger partial charge in [0.25, 0.3) is 10.2 Å². The van der Waals surface area contributed by atoms with Gasteiger partial charge in [0.15, 0.2) is 5.84 Å². The minimum Gasteiger partial charge on any atom is -0.409 e. The molecule has 106 valence electrons. The van der Waals surface area contributed by atoms with Gasteiger partial charge in [0.1, 0.15) is 0 Å². The third-order valence-electron chi connectivity index (χ3n) is 3.36. The predicted molar refractivity (Wildman–Crippen MR) is 69.6 cm³/mol. The number of nitrogens with zero attached hydrogens (tertiary/aromatic N) is 2. The van der Waals surface area contributed by atoms with E-state index >= 15 is 0 Å². The Bertz CT molecular complexity index is 397. The third kappa shape index (κ3) is 3.33. The molecule has 0 amide bonds. The molecule has 0 radical (unpaired) electrons. The van der Waals surface area contributed by atoms with Crippen molar-refractivity contribution in [1.82, 2.24) is 9.03 Å². The Kier molecular flexibility index (Phi) is 4.94. The summed E-state index contributed by atoms with van der Waals surface area (Å²) >= 11 is 0. The largest absolute Gasteiger partial charge is 0.409 e. The fourth-order valence-corrected chi connectivity index (χ4v) is 3.16. The zero-order valence-electron chi connectivity index (χ0n) is 10.9. The molecule has 18 heavy (non-hydrogen) atoms. The monoisotopic (exact) mass is 278 g/mol. The van der Waals surface area contributed by atoms with Crippen molar-refractivity contribution < 1.29 is 13.6 Å². The minimum atomic E-state index is -3.62. The van der Waals surface area contributed by atoms with Crippen LogP contribution in [-0.4, -0.2) is 43.4 Å². The summed E-state index contributed by atoms with van der Waals surface area (Å²) in [4.78, 5) is 0. The number of nitrogens with two attached hydrogens (primary N) is 1. The molecule has 1 rings (SSSR count). The average Bonchev–Trinajstić information content (AvgIpc) is 2.53. The van der Waals surface area contributed by atoms with E-state index in [9.17, 15) is 8.42 Å². The van der Waals surface area contributed by atoms with Crippen molar-refractivity contribution in [2.24, 2.45) is 10.9 Å². The smallest absolute Gasteiger partial charge is 0.279 e. The van der Waals surface area contributed by atoms with Gasteiger partial charge in [-0.3, -0.25) is 0 Å². The molecule has 0 saturated heterocycles. The first-order valence-corrected chi connectivity index (χ1v) is 7.47. The van der Waals surface area contributed by atoms with Crippen molar-refractivity contribution >= 4 is 16.0 Å². The molecule has 1 aliphatic rings. The summed E-state index contributed by atoms with van der Waals surface area (Å²) in [5.41, 5.74) is 4.75. The summed E-state index contributed by atoms with van der Waals surface area (Å²) in [5, 5.41) is 11.9. The van der Waals surface area contributed by atoms with Gasteiger partial charge in [-0.05, 0) is 12.8 Å². The predicted octanol–water partition coefficient (Wildman–Crippen LogP) is 0.222. The topological polar surface area (TPSA) is 108 Å². The molecule has 1 saturated carbocycles. The normalized spacial score (nSPS) is 21.8. The molecule has 0 heterocycles. The molecule has 0 aromatic carbocycles. The minimum absolute atomic E-state index is 0.0603. The fraction of sp³-hybridized carbons (Fsp3) is 0.900. The van der Waals surface area contributed by atoms with Gasteiger partial charge in [-0.15, -0.1) is 0 Å². The van der Waals surface area contributed by atoms with E-state index in [4.69, 9.17) is 10.9 Å². The van der Waals surface area contributed by atoms with Crippen molar-refractivity contribution in [1.29, 1.82) is 0 Å². The molecule has 0 bridgehead atoms. The van der Waals surface area contributed by atoms with Gasteiger partial charge in [-0.1, -0.05) is 30.8 Å². The molecular weight excluding hydrogens is 256 g/mol. The maximum atomic E-state index is 12.0. The number of nitrogens with one attached hydrogen (secondary N) is 1. The first-order chi connectivity index (χ1) is 8.34. The zero-order valence-corrected chi connectivity index (χ0v) is 11.7. The van der Waals surface area contributed by atoms with E-state index in [0.29, 0.717) is 12.8 Å². The maximum Gasteiger partial charge on any atom is 0.279 e. The van der Waals surface area contributed by atoms with E-state index in [1.54, 1.807) is 0 Å². The highest BCUT2D eigenvalue weighted by atomic mass is 32.2. The lowest BCUT2D eigenvalue weighted by molar-refractivity contribution is 0.305. The van der Waals surface area contributed by atoms with Crippen LogP contribution in [0.1, 0.15) is 38.5 Å². The molecule has 0 aromatic rings. The van der Waals surface area contributed by atoms with Crippen molar-refractivity contribution in [3.05, 3.63) is 0 Å². The van der Waals surface area contributed by atoms with Gasteiger partial charge < -0.3 is 10.9 Å². The summed E-state index contributed by atoms with van der Waals surface area (Å²) in [6.07, 6.45) is 4.87. The number of rotatable bonds is 4. The Morgan fingerprint density at radius 3 is 2.17 bits per heavy atom. The van der Waals surface area contributed by atoms with Crippen molar-refractivity contribution in [2.45, 2.75) is 44.1 Å². The Morgan fingerprint density at radius 2 is 1.78 bits per heavy atom. The Labute approximate surface area is 108 Å². The Hall–Kier alpha value is -0.860. The van der Waals surface area contributed by atoms with Crippen molar-refractivity contribution in [2.75, 3.05) is 14.1 Å². The molecule has 0 atom stereocenters. The van der Waals surface area contributed by atoms with Crippen LogP contribution in [0.2, 0.25) is 0 Å². The molecule has 8 heteroatoms. The zero-order chi connectivity index (χ0) is 13.8. The quantitative estimate of drug-likeness (QED) is 0.225. The van der Waals surface area contributed by atoms with E-state index in [-0.39, 0.29) is 5.84 Å². The summed E-state index contributed by atoms with van der Waals surface area (Å²) in [7, 11) is -0.729. The summed E-state index contributed by atoms with van der Waals surface area (Å²) in [5.74, 6) is -0.0603. The van der Waals surface area contributed by atoms with Crippen LogP contribution in [0, 0.1) is 0 Å². The lowest BCUT2D eigenvalue weighted by Gasteiger charge is -2.33. The molecule has 4 N–H and O–H groups in total. The lowest BCUT2D eigenvalue weighted by atomic mass is 9.90.